The molecular weight excluding hydrogens is 226 g/mol. The Morgan fingerprint density at radius 1 is 1.60 bits per heavy atom. The van der Waals surface area contributed by atoms with Crippen molar-refractivity contribution in [3.05, 3.63) is 20.8 Å². The quantitative estimate of drug-likeness (QED) is 0.792. The van der Waals surface area contributed by atoms with Gasteiger partial charge in [-0.3, -0.25) is 0 Å². The van der Waals surface area contributed by atoms with Crippen molar-refractivity contribution in [3.8, 4) is 11.8 Å². The minimum absolute atomic E-state index is 0.331. The van der Waals surface area contributed by atoms with Gasteiger partial charge in [-0.1, -0.05) is 11.6 Å². The second-order valence-electron chi connectivity index (χ2n) is 3.40. The largest absolute Gasteiger partial charge is 0.312 e. The van der Waals surface area contributed by atoms with E-state index in [-0.39, 0.29) is 0 Å². The summed E-state index contributed by atoms with van der Waals surface area (Å²) in [4.78, 5) is 1.23. The molecule has 0 saturated heterocycles. The number of hydrogen-bond acceptors (Lipinski definition) is 2. The molecule has 0 aromatic carbocycles. The fourth-order valence-electron chi connectivity index (χ4n) is 1.43. The smallest absolute Gasteiger partial charge is 0.0590 e. The van der Waals surface area contributed by atoms with E-state index in [1.165, 1.54) is 10.4 Å². The van der Waals surface area contributed by atoms with E-state index in [4.69, 9.17) is 11.6 Å². The summed E-state index contributed by atoms with van der Waals surface area (Å²) in [7, 11) is 1.97. The Bertz CT molecular complexity index is 373. The first kappa shape index (κ1) is 12.6. The second kappa shape index (κ2) is 6.17. The van der Waals surface area contributed by atoms with Crippen LogP contribution in [0.15, 0.2) is 5.38 Å². The Balaban J connectivity index is 2.72. The molecule has 15 heavy (non-hydrogen) atoms. The van der Waals surface area contributed by atoms with Gasteiger partial charge in [0.05, 0.1) is 5.02 Å². The van der Waals surface area contributed by atoms with Crippen molar-refractivity contribution in [2.45, 2.75) is 32.7 Å². The lowest BCUT2D eigenvalue weighted by molar-refractivity contribution is 0.567. The summed E-state index contributed by atoms with van der Waals surface area (Å²) in [5.74, 6) is 5.99. The van der Waals surface area contributed by atoms with Crippen LogP contribution >= 0.6 is 22.9 Å². The van der Waals surface area contributed by atoms with Gasteiger partial charge in [-0.2, -0.15) is 0 Å². The Morgan fingerprint density at radius 2 is 2.33 bits per heavy atom. The van der Waals surface area contributed by atoms with Crippen molar-refractivity contribution < 1.29 is 0 Å². The first-order chi connectivity index (χ1) is 7.20. The molecule has 0 aliphatic rings. The Morgan fingerprint density at radius 3 is 2.80 bits per heavy atom. The summed E-state index contributed by atoms with van der Waals surface area (Å²) in [6.45, 7) is 3.91. The van der Waals surface area contributed by atoms with Gasteiger partial charge in [0.1, 0.15) is 0 Å². The van der Waals surface area contributed by atoms with Crippen molar-refractivity contribution >= 4 is 22.9 Å². The number of hydrogen-bond donors (Lipinski definition) is 1. The molecule has 1 unspecified atom stereocenters. The van der Waals surface area contributed by atoms with Crippen LogP contribution < -0.4 is 5.32 Å². The van der Waals surface area contributed by atoms with Gasteiger partial charge in [0.2, 0.25) is 0 Å². The standard InChI is InChI=1S/C12H16ClNS/c1-4-5-6-7-10(14-3)12-11(13)9(2)8-15-12/h8,10,14H,6-7H2,1-3H3. The van der Waals surface area contributed by atoms with Gasteiger partial charge in [-0.05, 0) is 38.3 Å². The lowest BCUT2D eigenvalue weighted by atomic mass is 10.1. The molecule has 0 amide bonds. The molecule has 0 bridgehead atoms. The average molecular weight is 242 g/mol. The van der Waals surface area contributed by atoms with Crippen molar-refractivity contribution in [2.24, 2.45) is 0 Å². The van der Waals surface area contributed by atoms with Crippen molar-refractivity contribution in [2.75, 3.05) is 7.05 Å². The molecule has 82 valence electrons. The van der Waals surface area contributed by atoms with Crippen LogP contribution in [0.3, 0.4) is 0 Å². The first-order valence-electron chi connectivity index (χ1n) is 5.01. The summed E-state index contributed by atoms with van der Waals surface area (Å²) in [5.41, 5.74) is 1.17. The van der Waals surface area contributed by atoms with E-state index in [9.17, 15) is 0 Å². The van der Waals surface area contributed by atoms with Gasteiger partial charge < -0.3 is 5.32 Å². The monoisotopic (exact) mass is 241 g/mol. The summed E-state index contributed by atoms with van der Waals surface area (Å²) < 4.78 is 0. The fraction of sp³-hybridized carbons (Fsp3) is 0.500. The maximum absolute atomic E-state index is 6.23. The predicted molar refractivity (Wildman–Crippen MR) is 68.6 cm³/mol. The minimum Gasteiger partial charge on any atom is -0.312 e. The number of rotatable bonds is 4. The van der Waals surface area contributed by atoms with Gasteiger partial charge in [0.15, 0.2) is 0 Å². The molecule has 3 heteroatoms. The third-order valence-corrected chi connectivity index (χ3v) is 4.15. The minimum atomic E-state index is 0.331. The molecule has 1 atom stereocenters. The zero-order valence-electron chi connectivity index (χ0n) is 9.36. The van der Waals surface area contributed by atoms with Crippen LogP contribution in [0.25, 0.3) is 0 Å². The lowest BCUT2D eigenvalue weighted by Crippen LogP contribution is -2.15. The second-order valence-corrected chi connectivity index (χ2v) is 4.69. The summed E-state index contributed by atoms with van der Waals surface area (Å²) in [6, 6.07) is 0.331. The van der Waals surface area contributed by atoms with Crippen LogP contribution in [-0.2, 0) is 0 Å². The van der Waals surface area contributed by atoms with Crippen LogP contribution in [0, 0.1) is 18.8 Å². The Kier molecular flexibility index (Phi) is 5.17. The number of thiophene rings is 1. The average Bonchev–Trinajstić information content (AvgIpc) is 2.56. The van der Waals surface area contributed by atoms with Crippen LogP contribution in [0.2, 0.25) is 5.02 Å². The van der Waals surface area contributed by atoms with Crippen LogP contribution in [0.1, 0.15) is 36.2 Å². The fourth-order valence-corrected chi connectivity index (χ4v) is 2.90. The van der Waals surface area contributed by atoms with E-state index in [2.05, 4.69) is 22.5 Å². The van der Waals surface area contributed by atoms with Crippen LogP contribution in [-0.4, -0.2) is 7.05 Å². The Hall–Kier alpha value is -0.490. The molecule has 1 rings (SSSR count). The zero-order chi connectivity index (χ0) is 11.3. The highest BCUT2D eigenvalue weighted by Crippen LogP contribution is 2.34. The molecule has 1 N–H and O–H groups in total. The molecule has 0 spiro atoms. The van der Waals surface area contributed by atoms with E-state index in [1.807, 2.05) is 20.9 Å². The Labute approximate surface area is 101 Å². The molecule has 0 saturated carbocycles. The topological polar surface area (TPSA) is 12.0 Å². The molecule has 0 aliphatic heterocycles. The normalized spacial score (nSPS) is 12.0. The molecule has 1 aromatic heterocycles. The molecule has 0 radical (unpaired) electrons. The molecule has 1 nitrogen and oxygen atoms in total. The molecule has 1 heterocycles. The van der Waals surface area contributed by atoms with E-state index in [0.29, 0.717) is 6.04 Å². The third kappa shape index (κ3) is 3.24. The highest BCUT2D eigenvalue weighted by atomic mass is 35.5. The lowest BCUT2D eigenvalue weighted by Gasteiger charge is -2.13. The van der Waals surface area contributed by atoms with Gasteiger partial charge in [0, 0.05) is 17.3 Å². The maximum Gasteiger partial charge on any atom is 0.0590 e. The van der Waals surface area contributed by atoms with Crippen molar-refractivity contribution in [1.82, 2.24) is 5.32 Å². The number of aryl methyl sites for hydroxylation is 1. The van der Waals surface area contributed by atoms with E-state index in [0.717, 1.165) is 17.9 Å². The number of halogens is 1. The SMILES string of the molecule is CC#CCCC(NC)c1scc(C)c1Cl. The van der Waals surface area contributed by atoms with Gasteiger partial charge in [-0.15, -0.1) is 23.2 Å². The zero-order valence-corrected chi connectivity index (χ0v) is 10.9. The third-order valence-electron chi connectivity index (χ3n) is 2.32. The predicted octanol–water partition coefficient (Wildman–Crippen LogP) is 3.77. The molecule has 0 fully saturated rings. The van der Waals surface area contributed by atoms with Crippen LogP contribution in [0.5, 0.6) is 0 Å². The molecular formula is C12H16ClNS. The van der Waals surface area contributed by atoms with Gasteiger partial charge in [0.25, 0.3) is 0 Å². The molecule has 1 aromatic rings. The van der Waals surface area contributed by atoms with E-state index in [1.54, 1.807) is 11.3 Å². The highest BCUT2D eigenvalue weighted by Gasteiger charge is 2.15. The highest BCUT2D eigenvalue weighted by molar-refractivity contribution is 7.10. The summed E-state index contributed by atoms with van der Waals surface area (Å²) in [5, 5.41) is 6.30. The van der Waals surface area contributed by atoms with Crippen molar-refractivity contribution in [3.63, 3.8) is 0 Å². The molecule has 0 aliphatic carbocycles. The van der Waals surface area contributed by atoms with Crippen LogP contribution in [0.4, 0.5) is 0 Å². The summed E-state index contributed by atoms with van der Waals surface area (Å²) >= 11 is 7.95. The summed E-state index contributed by atoms with van der Waals surface area (Å²) in [6.07, 6.45) is 1.92. The van der Waals surface area contributed by atoms with E-state index < -0.39 is 0 Å². The maximum atomic E-state index is 6.23. The van der Waals surface area contributed by atoms with Gasteiger partial charge in [-0.25, -0.2) is 0 Å². The van der Waals surface area contributed by atoms with Gasteiger partial charge >= 0.3 is 0 Å². The first-order valence-corrected chi connectivity index (χ1v) is 6.26. The van der Waals surface area contributed by atoms with Crippen molar-refractivity contribution in [1.29, 1.82) is 0 Å². The number of nitrogens with one attached hydrogen (secondary N) is 1. The van der Waals surface area contributed by atoms with E-state index >= 15 is 0 Å².